The van der Waals surface area contributed by atoms with Crippen molar-refractivity contribution in [2.75, 3.05) is 13.2 Å². The van der Waals surface area contributed by atoms with Crippen molar-refractivity contribution in [1.82, 2.24) is 15.1 Å². The van der Waals surface area contributed by atoms with Crippen LogP contribution in [-0.4, -0.2) is 34.1 Å². The van der Waals surface area contributed by atoms with Crippen LogP contribution in [0.15, 0.2) is 12.3 Å². The number of aliphatic hydroxyl groups is 1. The smallest absolute Gasteiger partial charge is 0.0587 e. The Morgan fingerprint density at radius 1 is 1.53 bits per heavy atom. The predicted octanol–water partition coefficient (Wildman–Crippen LogP) is 0.569. The molecule has 4 nitrogen and oxygen atoms in total. The molecule has 1 heterocycles. The van der Waals surface area contributed by atoms with Crippen molar-refractivity contribution in [1.29, 1.82) is 0 Å². The largest absolute Gasteiger partial charge is 0.395 e. The van der Waals surface area contributed by atoms with Gasteiger partial charge in [-0.1, -0.05) is 13.8 Å². The lowest BCUT2D eigenvalue weighted by molar-refractivity contribution is 0.211. The Morgan fingerprint density at radius 2 is 2.27 bits per heavy atom. The summed E-state index contributed by atoms with van der Waals surface area (Å²) < 4.78 is 1.88. The lowest BCUT2D eigenvalue weighted by Crippen LogP contribution is -2.38. The van der Waals surface area contributed by atoms with Crippen molar-refractivity contribution >= 4 is 0 Å². The van der Waals surface area contributed by atoms with Gasteiger partial charge in [-0.15, -0.1) is 0 Å². The Labute approximate surface area is 91.3 Å². The SMILES string of the molecule is CC(C)C(CO)NCCc1ccnn1C. The monoisotopic (exact) mass is 211 g/mol. The second-order valence-electron chi connectivity index (χ2n) is 4.18. The fourth-order valence-corrected chi connectivity index (χ4v) is 1.54. The number of rotatable bonds is 6. The summed E-state index contributed by atoms with van der Waals surface area (Å²) in [6.45, 7) is 5.29. The van der Waals surface area contributed by atoms with E-state index < -0.39 is 0 Å². The molecule has 0 bridgehead atoms. The molecule has 1 unspecified atom stereocenters. The zero-order chi connectivity index (χ0) is 11.3. The molecular formula is C11H21N3O. The number of hydrogen-bond donors (Lipinski definition) is 2. The highest BCUT2D eigenvalue weighted by atomic mass is 16.3. The highest BCUT2D eigenvalue weighted by Crippen LogP contribution is 2.01. The number of aliphatic hydroxyl groups excluding tert-OH is 1. The van der Waals surface area contributed by atoms with Crippen molar-refractivity contribution in [2.24, 2.45) is 13.0 Å². The maximum absolute atomic E-state index is 9.13. The van der Waals surface area contributed by atoms with Crippen molar-refractivity contribution in [3.05, 3.63) is 18.0 Å². The lowest BCUT2D eigenvalue weighted by Gasteiger charge is -2.19. The summed E-state index contributed by atoms with van der Waals surface area (Å²) in [5.41, 5.74) is 1.21. The van der Waals surface area contributed by atoms with E-state index in [1.165, 1.54) is 5.69 Å². The summed E-state index contributed by atoms with van der Waals surface area (Å²) in [4.78, 5) is 0. The van der Waals surface area contributed by atoms with E-state index in [1.807, 2.05) is 17.8 Å². The minimum Gasteiger partial charge on any atom is -0.395 e. The molecule has 1 atom stereocenters. The van der Waals surface area contributed by atoms with Crippen LogP contribution >= 0.6 is 0 Å². The molecule has 0 aliphatic carbocycles. The number of aryl methyl sites for hydroxylation is 1. The molecule has 1 rings (SSSR count). The first kappa shape index (κ1) is 12.2. The minimum atomic E-state index is 0.193. The molecule has 86 valence electrons. The lowest BCUT2D eigenvalue weighted by atomic mass is 10.1. The molecule has 0 aliphatic rings. The van der Waals surface area contributed by atoms with Gasteiger partial charge in [0, 0.05) is 37.9 Å². The third-order valence-electron chi connectivity index (χ3n) is 2.71. The Bertz CT molecular complexity index is 283. The van der Waals surface area contributed by atoms with Gasteiger partial charge in [0.05, 0.1) is 6.61 Å². The van der Waals surface area contributed by atoms with Crippen LogP contribution in [0.25, 0.3) is 0 Å². The number of nitrogens with zero attached hydrogens (tertiary/aromatic N) is 2. The zero-order valence-electron chi connectivity index (χ0n) is 9.77. The van der Waals surface area contributed by atoms with Gasteiger partial charge < -0.3 is 10.4 Å². The van der Waals surface area contributed by atoms with Gasteiger partial charge in [-0.25, -0.2) is 0 Å². The van der Waals surface area contributed by atoms with Gasteiger partial charge >= 0.3 is 0 Å². The first-order valence-corrected chi connectivity index (χ1v) is 5.46. The second-order valence-corrected chi connectivity index (χ2v) is 4.18. The van der Waals surface area contributed by atoms with Crippen molar-refractivity contribution in [3.63, 3.8) is 0 Å². The van der Waals surface area contributed by atoms with Gasteiger partial charge in [-0.3, -0.25) is 4.68 Å². The van der Waals surface area contributed by atoms with E-state index in [0.717, 1.165) is 13.0 Å². The van der Waals surface area contributed by atoms with E-state index in [-0.39, 0.29) is 12.6 Å². The average Bonchev–Trinajstić information content (AvgIpc) is 2.58. The van der Waals surface area contributed by atoms with Gasteiger partial charge in [-0.05, 0) is 12.0 Å². The van der Waals surface area contributed by atoms with Gasteiger partial charge in [-0.2, -0.15) is 5.10 Å². The molecule has 0 fully saturated rings. The van der Waals surface area contributed by atoms with Gasteiger partial charge in [0.25, 0.3) is 0 Å². The molecule has 0 spiro atoms. The first-order valence-electron chi connectivity index (χ1n) is 5.46. The zero-order valence-corrected chi connectivity index (χ0v) is 9.77. The Hall–Kier alpha value is -0.870. The van der Waals surface area contributed by atoms with Crippen molar-refractivity contribution in [2.45, 2.75) is 26.3 Å². The highest BCUT2D eigenvalue weighted by Gasteiger charge is 2.10. The molecule has 0 saturated carbocycles. The molecule has 4 heteroatoms. The van der Waals surface area contributed by atoms with E-state index in [9.17, 15) is 0 Å². The average molecular weight is 211 g/mol. The minimum absolute atomic E-state index is 0.193. The molecule has 1 aromatic heterocycles. The molecule has 2 N–H and O–H groups in total. The summed E-state index contributed by atoms with van der Waals surface area (Å²) in [6.07, 6.45) is 2.75. The summed E-state index contributed by atoms with van der Waals surface area (Å²) >= 11 is 0. The van der Waals surface area contributed by atoms with Crippen LogP contribution < -0.4 is 5.32 Å². The molecule has 1 aromatic rings. The Morgan fingerprint density at radius 3 is 2.73 bits per heavy atom. The molecule has 0 aliphatic heterocycles. The summed E-state index contributed by atoms with van der Waals surface area (Å²) in [5.74, 6) is 0.460. The maximum Gasteiger partial charge on any atom is 0.0587 e. The number of nitrogens with one attached hydrogen (secondary N) is 1. The number of hydrogen-bond acceptors (Lipinski definition) is 3. The molecule has 0 saturated heterocycles. The highest BCUT2D eigenvalue weighted by molar-refractivity contribution is 5.00. The van der Waals surface area contributed by atoms with Crippen LogP contribution in [0.1, 0.15) is 19.5 Å². The Kier molecular flexibility index (Phi) is 4.78. The Balaban J connectivity index is 2.29. The van der Waals surface area contributed by atoms with E-state index in [2.05, 4.69) is 24.3 Å². The third-order valence-corrected chi connectivity index (χ3v) is 2.71. The molecule has 0 radical (unpaired) electrons. The fraction of sp³-hybridized carbons (Fsp3) is 0.727. The summed E-state index contributed by atoms with van der Waals surface area (Å²) in [7, 11) is 1.95. The molecule has 0 amide bonds. The van der Waals surface area contributed by atoms with E-state index in [4.69, 9.17) is 5.11 Å². The first-order chi connectivity index (χ1) is 7.15. The van der Waals surface area contributed by atoms with E-state index in [1.54, 1.807) is 6.20 Å². The summed E-state index contributed by atoms with van der Waals surface area (Å²) in [5, 5.41) is 16.6. The topological polar surface area (TPSA) is 50.1 Å². The van der Waals surface area contributed by atoms with Gasteiger partial charge in [0.2, 0.25) is 0 Å². The molecule has 15 heavy (non-hydrogen) atoms. The summed E-state index contributed by atoms with van der Waals surface area (Å²) in [6, 6.07) is 2.21. The molecular weight excluding hydrogens is 190 g/mol. The molecule has 0 aromatic carbocycles. The standard InChI is InChI=1S/C11H21N3O/c1-9(2)11(8-15)12-6-4-10-5-7-13-14(10)3/h5,7,9,11-12,15H,4,6,8H2,1-3H3. The van der Waals surface area contributed by atoms with Crippen LogP contribution in [0, 0.1) is 5.92 Å². The quantitative estimate of drug-likeness (QED) is 0.723. The normalized spacial score (nSPS) is 13.4. The maximum atomic E-state index is 9.13. The van der Waals surface area contributed by atoms with Crippen LogP contribution in [0.3, 0.4) is 0 Å². The van der Waals surface area contributed by atoms with Crippen LogP contribution in [0.4, 0.5) is 0 Å². The van der Waals surface area contributed by atoms with Gasteiger partial charge in [0.15, 0.2) is 0 Å². The van der Waals surface area contributed by atoms with Crippen LogP contribution in [0.5, 0.6) is 0 Å². The number of aromatic nitrogens is 2. The van der Waals surface area contributed by atoms with E-state index in [0.29, 0.717) is 5.92 Å². The van der Waals surface area contributed by atoms with Crippen molar-refractivity contribution in [3.8, 4) is 0 Å². The van der Waals surface area contributed by atoms with Crippen molar-refractivity contribution < 1.29 is 5.11 Å². The van der Waals surface area contributed by atoms with E-state index >= 15 is 0 Å². The van der Waals surface area contributed by atoms with Crippen LogP contribution in [-0.2, 0) is 13.5 Å². The third kappa shape index (κ3) is 3.64. The van der Waals surface area contributed by atoms with Gasteiger partial charge in [0.1, 0.15) is 0 Å². The predicted molar refractivity (Wildman–Crippen MR) is 60.6 cm³/mol. The van der Waals surface area contributed by atoms with Crippen LogP contribution in [0.2, 0.25) is 0 Å². The second kappa shape index (κ2) is 5.88. The fourth-order valence-electron chi connectivity index (χ4n) is 1.54.